The molecule has 5 heteroatoms. The zero-order chi connectivity index (χ0) is 20.4. The molecule has 1 heterocycles. The van der Waals surface area contributed by atoms with E-state index in [2.05, 4.69) is 13.0 Å². The van der Waals surface area contributed by atoms with Gasteiger partial charge in [-0.05, 0) is 64.4 Å². The molecular formula is C22H38O5. The Morgan fingerprint density at radius 3 is 2.56 bits per heavy atom. The predicted octanol–water partition coefficient (Wildman–Crippen LogP) is 3.93. The lowest BCUT2D eigenvalue weighted by atomic mass is 9.92. The average molecular weight is 383 g/mol. The highest BCUT2D eigenvalue weighted by Gasteiger charge is 2.42. The van der Waals surface area contributed by atoms with Crippen LogP contribution in [0.4, 0.5) is 0 Å². The van der Waals surface area contributed by atoms with E-state index in [1.165, 1.54) is 6.92 Å². The highest BCUT2D eigenvalue weighted by molar-refractivity contribution is 5.66. The van der Waals surface area contributed by atoms with Gasteiger partial charge in [0, 0.05) is 13.3 Å². The summed E-state index contributed by atoms with van der Waals surface area (Å²) in [4.78, 5) is 11.1. The molecule has 0 aromatic heterocycles. The third-order valence-corrected chi connectivity index (χ3v) is 5.38. The molecule has 27 heavy (non-hydrogen) atoms. The molecule has 0 aromatic carbocycles. The monoisotopic (exact) mass is 382 g/mol. The van der Waals surface area contributed by atoms with Crippen molar-refractivity contribution in [3.05, 3.63) is 23.3 Å². The number of aliphatic hydroxyl groups excluding tert-OH is 2. The molecule has 0 aliphatic carbocycles. The van der Waals surface area contributed by atoms with E-state index in [4.69, 9.17) is 14.6 Å². The molecule has 5 nitrogen and oxygen atoms in total. The maximum Gasteiger partial charge on any atom is 0.302 e. The number of carbonyl (C=O) groups is 1. The van der Waals surface area contributed by atoms with Crippen molar-refractivity contribution >= 4 is 5.97 Å². The Balaban J connectivity index is 2.48. The van der Waals surface area contributed by atoms with Crippen molar-refractivity contribution in [2.45, 2.75) is 91.0 Å². The van der Waals surface area contributed by atoms with E-state index in [0.29, 0.717) is 18.9 Å². The van der Waals surface area contributed by atoms with E-state index in [1.807, 2.05) is 26.8 Å². The van der Waals surface area contributed by atoms with Crippen molar-refractivity contribution in [1.82, 2.24) is 0 Å². The van der Waals surface area contributed by atoms with Crippen LogP contribution >= 0.6 is 0 Å². The number of esters is 1. The summed E-state index contributed by atoms with van der Waals surface area (Å²) in [6, 6.07) is 0. The number of hydrogen-bond donors (Lipinski definition) is 2. The van der Waals surface area contributed by atoms with E-state index in [-0.39, 0.29) is 18.7 Å². The third-order valence-electron chi connectivity index (χ3n) is 5.38. The standard InChI is InChI=1S/C22H38O5/c1-16(12-13-23)8-6-10-19(15-26-18(3)24)11-7-9-17(2)20-14-21(25)22(4,5)27-20/h10,12,17,20-21,23,25H,6-9,11,13-15H2,1-5H3/b16-12+,19-10-/t17-,20+,21-/m0/s1. The van der Waals surface area contributed by atoms with E-state index in [9.17, 15) is 9.90 Å². The SMILES string of the molecule is CC(=O)OC/C(=C\CC/C(C)=C/CO)CCC[C@H](C)[C@H]1C[C@H](O)C(C)(C)O1. The van der Waals surface area contributed by atoms with Crippen molar-refractivity contribution in [2.24, 2.45) is 5.92 Å². The zero-order valence-electron chi connectivity index (χ0n) is 17.7. The highest BCUT2D eigenvalue weighted by Crippen LogP contribution is 2.35. The van der Waals surface area contributed by atoms with Gasteiger partial charge in [0.1, 0.15) is 6.61 Å². The van der Waals surface area contributed by atoms with Gasteiger partial charge in [0.15, 0.2) is 0 Å². The van der Waals surface area contributed by atoms with Crippen molar-refractivity contribution < 1.29 is 24.5 Å². The number of carbonyl (C=O) groups excluding carboxylic acids is 1. The Morgan fingerprint density at radius 1 is 1.30 bits per heavy atom. The van der Waals surface area contributed by atoms with Crippen LogP contribution in [0.3, 0.4) is 0 Å². The summed E-state index contributed by atoms with van der Waals surface area (Å²) in [6.45, 7) is 9.92. The van der Waals surface area contributed by atoms with Gasteiger partial charge in [0.2, 0.25) is 0 Å². The second-order valence-electron chi connectivity index (χ2n) is 8.30. The summed E-state index contributed by atoms with van der Waals surface area (Å²) in [5.74, 6) is 0.118. The number of rotatable bonds is 11. The predicted molar refractivity (Wildman–Crippen MR) is 107 cm³/mol. The summed E-state index contributed by atoms with van der Waals surface area (Å²) in [6.07, 6.45) is 9.02. The van der Waals surface area contributed by atoms with E-state index in [1.54, 1.807) is 0 Å². The van der Waals surface area contributed by atoms with Gasteiger partial charge in [-0.25, -0.2) is 0 Å². The molecule has 0 radical (unpaired) electrons. The summed E-state index contributed by atoms with van der Waals surface area (Å²) in [7, 11) is 0. The van der Waals surface area contributed by atoms with Crippen LogP contribution < -0.4 is 0 Å². The molecule has 1 fully saturated rings. The fraction of sp³-hybridized carbons (Fsp3) is 0.773. The molecule has 1 aliphatic rings. The molecule has 3 atom stereocenters. The Labute approximate surface area is 164 Å². The molecule has 1 aliphatic heterocycles. The molecule has 0 amide bonds. The van der Waals surface area contributed by atoms with Crippen LogP contribution in [0.1, 0.15) is 73.1 Å². The number of ether oxygens (including phenoxy) is 2. The smallest absolute Gasteiger partial charge is 0.302 e. The maximum atomic E-state index is 11.1. The Kier molecular flexibility index (Phi) is 10.3. The third kappa shape index (κ3) is 9.04. The van der Waals surface area contributed by atoms with Gasteiger partial charge in [-0.1, -0.05) is 24.6 Å². The van der Waals surface area contributed by atoms with Crippen molar-refractivity contribution in [2.75, 3.05) is 13.2 Å². The Hall–Kier alpha value is -1.17. The molecule has 0 unspecified atom stereocenters. The average Bonchev–Trinajstić information content (AvgIpc) is 2.85. The fourth-order valence-corrected chi connectivity index (χ4v) is 3.40. The van der Waals surface area contributed by atoms with Gasteiger partial charge in [0.05, 0.1) is 24.4 Å². The lowest BCUT2D eigenvalue weighted by Gasteiger charge is -2.24. The largest absolute Gasteiger partial charge is 0.461 e. The lowest BCUT2D eigenvalue weighted by molar-refractivity contribution is -0.140. The molecule has 2 N–H and O–H groups in total. The zero-order valence-corrected chi connectivity index (χ0v) is 17.7. The molecule has 0 bridgehead atoms. The van der Waals surface area contributed by atoms with Gasteiger partial charge >= 0.3 is 5.97 Å². The van der Waals surface area contributed by atoms with Crippen LogP contribution in [-0.2, 0) is 14.3 Å². The van der Waals surface area contributed by atoms with Gasteiger partial charge in [-0.15, -0.1) is 0 Å². The van der Waals surface area contributed by atoms with Crippen molar-refractivity contribution in [1.29, 1.82) is 0 Å². The number of aliphatic hydroxyl groups is 2. The lowest BCUT2D eigenvalue weighted by Crippen LogP contribution is -2.32. The summed E-state index contributed by atoms with van der Waals surface area (Å²) < 4.78 is 11.2. The van der Waals surface area contributed by atoms with Crippen LogP contribution in [0.5, 0.6) is 0 Å². The maximum absolute atomic E-state index is 11.1. The van der Waals surface area contributed by atoms with E-state index in [0.717, 1.165) is 43.3 Å². The van der Waals surface area contributed by atoms with Gasteiger partial charge in [-0.2, -0.15) is 0 Å². The van der Waals surface area contributed by atoms with Gasteiger partial charge in [-0.3, -0.25) is 4.79 Å². The Bertz CT molecular complexity index is 521. The van der Waals surface area contributed by atoms with Crippen LogP contribution in [0, 0.1) is 5.92 Å². The quantitative estimate of drug-likeness (QED) is 0.418. The minimum Gasteiger partial charge on any atom is -0.461 e. The molecular weight excluding hydrogens is 344 g/mol. The second-order valence-corrected chi connectivity index (χ2v) is 8.30. The minimum atomic E-state index is -0.459. The van der Waals surface area contributed by atoms with Crippen molar-refractivity contribution in [3.8, 4) is 0 Å². The van der Waals surface area contributed by atoms with Gasteiger partial charge in [0.25, 0.3) is 0 Å². The first-order valence-electron chi connectivity index (χ1n) is 10.1. The molecule has 1 saturated heterocycles. The summed E-state index contributed by atoms with van der Waals surface area (Å²) in [5, 5.41) is 19.0. The van der Waals surface area contributed by atoms with Crippen LogP contribution in [0.15, 0.2) is 23.3 Å². The molecule has 0 saturated carbocycles. The second kappa shape index (κ2) is 11.6. The number of allylic oxidation sites excluding steroid dienone is 2. The molecule has 0 aromatic rings. The Morgan fingerprint density at radius 2 is 2.00 bits per heavy atom. The van der Waals surface area contributed by atoms with Crippen LogP contribution in [0.25, 0.3) is 0 Å². The molecule has 156 valence electrons. The van der Waals surface area contributed by atoms with Crippen LogP contribution in [0.2, 0.25) is 0 Å². The number of hydrogen-bond acceptors (Lipinski definition) is 5. The highest BCUT2D eigenvalue weighted by atomic mass is 16.5. The topological polar surface area (TPSA) is 76.0 Å². The van der Waals surface area contributed by atoms with E-state index < -0.39 is 11.7 Å². The van der Waals surface area contributed by atoms with E-state index >= 15 is 0 Å². The van der Waals surface area contributed by atoms with Gasteiger partial charge < -0.3 is 19.7 Å². The molecule has 1 rings (SSSR count). The fourth-order valence-electron chi connectivity index (χ4n) is 3.40. The summed E-state index contributed by atoms with van der Waals surface area (Å²) >= 11 is 0. The summed E-state index contributed by atoms with van der Waals surface area (Å²) in [5.41, 5.74) is 1.84. The van der Waals surface area contributed by atoms with Crippen molar-refractivity contribution in [3.63, 3.8) is 0 Å². The molecule has 0 spiro atoms. The first-order valence-corrected chi connectivity index (χ1v) is 10.1. The van der Waals surface area contributed by atoms with Crippen LogP contribution in [-0.4, -0.2) is 47.2 Å². The first-order chi connectivity index (χ1) is 12.7. The first kappa shape index (κ1) is 23.9. The minimum absolute atomic E-state index is 0.0719. The normalized spacial score (nSPS) is 24.1.